The number of anilines is 1. The normalized spacial score (nSPS) is 11.1. The van der Waals surface area contributed by atoms with Gasteiger partial charge in [0.1, 0.15) is 22.1 Å². The highest BCUT2D eigenvalue weighted by molar-refractivity contribution is 7.89. The number of methoxy groups -OCH3 is 1. The molecule has 0 amide bonds. The Hall–Kier alpha value is -2.25. The van der Waals surface area contributed by atoms with Gasteiger partial charge in [-0.2, -0.15) is 0 Å². The van der Waals surface area contributed by atoms with Crippen LogP contribution in [0.2, 0.25) is 0 Å². The summed E-state index contributed by atoms with van der Waals surface area (Å²) in [5.74, 6) is 1.13. The van der Waals surface area contributed by atoms with Gasteiger partial charge < -0.3 is 15.2 Å². The van der Waals surface area contributed by atoms with E-state index in [0.717, 1.165) is 0 Å². The Balaban J connectivity index is 2.43. The van der Waals surface area contributed by atoms with Gasteiger partial charge in [-0.1, -0.05) is 6.07 Å². The van der Waals surface area contributed by atoms with E-state index >= 15 is 0 Å². The first-order chi connectivity index (χ1) is 9.40. The van der Waals surface area contributed by atoms with Crippen molar-refractivity contribution in [2.45, 2.75) is 4.90 Å². The molecule has 0 atom stereocenters. The van der Waals surface area contributed by atoms with Crippen molar-refractivity contribution in [3.8, 4) is 17.2 Å². The number of hydrogen-bond acceptors (Lipinski definition) is 5. The van der Waals surface area contributed by atoms with Gasteiger partial charge in [0.15, 0.2) is 0 Å². The molecule has 0 radical (unpaired) electrons. The van der Waals surface area contributed by atoms with E-state index in [0.29, 0.717) is 11.5 Å². The van der Waals surface area contributed by atoms with Crippen molar-refractivity contribution < 1.29 is 17.9 Å². The van der Waals surface area contributed by atoms with E-state index in [9.17, 15) is 8.42 Å². The third-order valence-corrected chi connectivity index (χ3v) is 3.48. The van der Waals surface area contributed by atoms with Crippen LogP contribution in [0.25, 0.3) is 0 Å². The quantitative estimate of drug-likeness (QED) is 0.835. The Bertz CT molecular complexity index is 729. The topological polar surface area (TPSA) is 105 Å². The molecule has 20 heavy (non-hydrogen) atoms. The number of hydrogen-bond donors (Lipinski definition) is 2. The van der Waals surface area contributed by atoms with Gasteiger partial charge in [0.25, 0.3) is 0 Å². The molecule has 0 spiro atoms. The third-order valence-electron chi connectivity index (χ3n) is 2.54. The summed E-state index contributed by atoms with van der Waals surface area (Å²) in [6, 6.07) is 11.0. The minimum atomic E-state index is -3.93. The predicted molar refractivity (Wildman–Crippen MR) is 75.3 cm³/mol. The Morgan fingerprint density at radius 3 is 2.40 bits per heavy atom. The molecule has 0 fully saturated rings. The fourth-order valence-electron chi connectivity index (χ4n) is 1.62. The monoisotopic (exact) mass is 294 g/mol. The smallest absolute Gasteiger partial charge is 0.241 e. The lowest BCUT2D eigenvalue weighted by molar-refractivity contribution is 0.408. The lowest BCUT2D eigenvalue weighted by atomic mass is 10.3. The highest BCUT2D eigenvalue weighted by Gasteiger charge is 2.16. The van der Waals surface area contributed by atoms with Gasteiger partial charge in [0.05, 0.1) is 7.11 Å². The van der Waals surface area contributed by atoms with Crippen LogP contribution in [0.3, 0.4) is 0 Å². The molecule has 0 aromatic heterocycles. The second-order valence-corrected chi connectivity index (χ2v) is 5.56. The van der Waals surface area contributed by atoms with Crippen molar-refractivity contribution >= 4 is 15.7 Å². The van der Waals surface area contributed by atoms with E-state index in [4.69, 9.17) is 20.3 Å². The third kappa shape index (κ3) is 3.19. The summed E-state index contributed by atoms with van der Waals surface area (Å²) in [5.41, 5.74) is 5.85. The van der Waals surface area contributed by atoms with Gasteiger partial charge in [0.2, 0.25) is 10.0 Å². The van der Waals surface area contributed by atoms with Crippen LogP contribution in [0, 0.1) is 0 Å². The van der Waals surface area contributed by atoms with E-state index in [-0.39, 0.29) is 16.3 Å². The van der Waals surface area contributed by atoms with Crippen LogP contribution < -0.4 is 20.3 Å². The van der Waals surface area contributed by atoms with Gasteiger partial charge in [-0.15, -0.1) is 0 Å². The summed E-state index contributed by atoms with van der Waals surface area (Å²) in [6.07, 6.45) is 0. The predicted octanol–water partition coefficient (Wildman–Crippen LogP) is 1.72. The van der Waals surface area contributed by atoms with Crippen LogP contribution in [-0.2, 0) is 10.0 Å². The molecule has 0 saturated carbocycles. The molecule has 2 aromatic rings. The molecule has 0 aliphatic heterocycles. The average Bonchev–Trinajstić information content (AvgIpc) is 2.40. The van der Waals surface area contributed by atoms with Gasteiger partial charge >= 0.3 is 0 Å². The number of ether oxygens (including phenoxy) is 2. The van der Waals surface area contributed by atoms with E-state index in [1.54, 1.807) is 24.3 Å². The second-order valence-electron chi connectivity index (χ2n) is 4.03. The summed E-state index contributed by atoms with van der Waals surface area (Å²) < 4.78 is 33.7. The Morgan fingerprint density at radius 1 is 1.05 bits per heavy atom. The molecule has 2 rings (SSSR count). The largest absolute Gasteiger partial charge is 0.497 e. The van der Waals surface area contributed by atoms with Crippen LogP contribution in [-0.4, -0.2) is 15.5 Å². The van der Waals surface area contributed by atoms with Crippen molar-refractivity contribution in [3.05, 3.63) is 42.5 Å². The van der Waals surface area contributed by atoms with Crippen molar-refractivity contribution in [3.63, 3.8) is 0 Å². The molecule has 6 nitrogen and oxygen atoms in total. The summed E-state index contributed by atoms with van der Waals surface area (Å²) in [4.78, 5) is -0.166. The van der Waals surface area contributed by atoms with E-state index in [1.165, 1.54) is 25.3 Å². The average molecular weight is 294 g/mol. The molecule has 0 saturated heterocycles. The lowest BCUT2D eigenvalue weighted by Crippen LogP contribution is -2.13. The van der Waals surface area contributed by atoms with Crippen LogP contribution in [0.5, 0.6) is 17.2 Å². The summed E-state index contributed by atoms with van der Waals surface area (Å²) >= 11 is 0. The lowest BCUT2D eigenvalue weighted by Gasteiger charge is -2.11. The van der Waals surface area contributed by atoms with Gasteiger partial charge in [0, 0.05) is 11.8 Å². The standard InChI is InChI=1S/C13H14N2O4S/c1-18-10-3-2-4-11(8-10)19-12-6-5-9(14)7-13(12)20(15,16)17/h2-8H,14H2,1H3,(H2,15,16,17). The van der Waals surface area contributed by atoms with Gasteiger partial charge in [-0.05, 0) is 30.3 Å². The number of rotatable bonds is 4. The molecule has 106 valence electrons. The summed E-state index contributed by atoms with van der Waals surface area (Å²) in [6.45, 7) is 0. The fourth-order valence-corrected chi connectivity index (χ4v) is 2.31. The van der Waals surface area contributed by atoms with E-state index in [2.05, 4.69) is 0 Å². The number of nitrogens with two attached hydrogens (primary N) is 2. The highest BCUT2D eigenvalue weighted by Crippen LogP contribution is 2.31. The minimum Gasteiger partial charge on any atom is -0.497 e. The molecular formula is C13H14N2O4S. The molecule has 0 bridgehead atoms. The maximum Gasteiger partial charge on any atom is 0.241 e. The summed E-state index contributed by atoms with van der Waals surface area (Å²) in [7, 11) is -2.40. The minimum absolute atomic E-state index is 0.106. The first-order valence-corrected chi connectivity index (χ1v) is 7.19. The Morgan fingerprint density at radius 2 is 1.75 bits per heavy atom. The zero-order valence-electron chi connectivity index (χ0n) is 10.7. The second kappa shape index (κ2) is 5.40. The molecule has 4 N–H and O–H groups in total. The first-order valence-electron chi connectivity index (χ1n) is 5.64. The van der Waals surface area contributed by atoms with E-state index < -0.39 is 10.0 Å². The zero-order chi connectivity index (χ0) is 14.8. The van der Waals surface area contributed by atoms with Crippen molar-refractivity contribution in [2.75, 3.05) is 12.8 Å². The van der Waals surface area contributed by atoms with Crippen LogP contribution in [0.1, 0.15) is 0 Å². The van der Waals surface area contributed by atoms with Crippen molar-refractivity contribution in [1.29, 1.82) is 0 Å². The number of sulfonamides is 1. The maximum atomic E-state index is 11.5. The molecule has 0 aliphatic rings. The Labute approximate surface area is 117 Å². The van der Waals surface area contributed by atoms with Crippen molar-refractivity contribution in [2.24, 2.45) is 5.14 Å². The Kier molecular flexibility index (Phi) is 3.82. The number of benzene rings is 2. The van der Waals surface area contributed by atoms with Gasteiger partial charge in [-0.25, -0.2) is 13.6 Å². The number of primary sulfonamides is 1. The number of nitrogen functional groups attached to an aromatic ring is 1. The van der Waals surface area contributed by atoms with Crippen molar-refractivity contribution in [1.82, 2.24) is 0 Å². The molecule has 7 heteroatoms. The molecule has 2 aromatic carbocycles. The maximum absolute atomic E-state index is 11.5. The highest BCUT2D eigenvalue weighted by atomic mass is 32.2. The van der Waals surface area contributed by atoms with Crippen LogP contribution in [0.15, 0.2) is 47.4 Å². The molecule has 0 unspecified atom stereocenters. The molecule has 0 heterocycles. The molecule has 0 aliphatic carbocycles. The SMILES string of the molecule is COc1cccc(Oc2ccc(N)cc2S(N)(=O)=O)c1. The zero-order valence-corrected chi connectivity index (χ0v) is 11.6. The van der Waals surface area contributed by atoms with Crippen LogP contribution in [0.4, 0.5) is 5.69 Å². The fraction of sp³-hybridized carbons (Fsp3) is 0.0769. The van der Waals surface area contributed by atoms with Gasteiger partial charge in [-0.3, -0.25) is 0 Å². The van der Waals surface area contributed by atoms with Crippen LogP contribution >= 0.6 is 0 Å². The molecular weight excluding hydrogens is 280 g/mol. The van der Waals surface area contributed by atoms with E-state index in [1.807, 2.05) is 0 Å². The summed E-state index contributed by atoms with van der Waals surface area (Å²) in [5, 5.41) is 5.15. The first kappa shape index (κ1) is 14.2.